The number of hydroxylamine groups is 1. The number of amides is 3. The average Bonchev–Trinajstić information content (AvgIpc) is 2.59. The van der Waals surface area contributed by atoms with Gasteiger partial charge in [-0.3, -0.25) is 19.6 Å². The van der Waals surface area contributed by atoms with Crippen molar-refractivity contribution in [2.75, 3.05) is 14.2 Å². The third-order valence-corrected chi connectivity index (χ3v) is 4.35. The summed E-state index contributed by atoms with van der Waals surface area (Å²) in [6, 6.07) is -0.757. The molecule has 8 nitrogen and oxygen atoms in total. The summed E-state index contributed by atoms with van der Waals surface area (Å²) in [6.45, 7) is 7.62. The molecule has 3 atom stereocenters. The molecule has 0 heterocycles. The first kappa shape index (κ1) is 24.3. The molecule has 0 spiro atoms. The van der Waals surface area contributed by atoms with Crippen molar-refractivity contribution >= 4 is 17.7 Å². The number of unbranched alkanes of at least 4 members (excludes halogenated alkanes) is 3. The van der Waals surface area contributed by atoms with E-state index < -0.39 is 35.3 Å². The molecule has 0 aromatic carbocycles. The van der Waals surface area contributed by atoms with Gasteiger partial charge in [-0.1, -0.05) is 53.4 Å². The maximum atomic E-state index is 12.9. The summed E-state index contributed by atoms with van der Waals surface area (Å²) in [4.78, 5) is 36.9. The second-order valence-corrected chi connectivity index (χ2v) is 7.51. The van der Waals surface area contributed by atoms with Crippen molar-refractivity contribution in [3.8, 4) is 0 Å². The fourth-order valence-electron chi connectivity index (χ4n) is 2.80. The van der Waals surface area contributed by atoms with E-state index in [2.05, 4.69) is 17.6 Å². The fourth-order valence-corrected chi connectivity index (χ4v) is 2.80. The van der Waals surface area contributed by atoms with Gasteiger partial charge in [0.05, 0.1) is 5.92 Å². The van der Waals surface area contributed by atoms with E-state index >= 15 is 0 Å². The van der Waals surface area contributed by atoms with Gasteiger partial charge in [0.2, 0.25) is 11.8 Å². The molecule has 152 valence electrons. The van der Waals surface area contributed by atoms with Crippen molar-refractivity contribution in [3.05, 3.63) is 0 Å². The van der Waals surface area contributed by atoms with Crippen LogP contribution < -0.4 is 16.1 Å². The monoisotopic (exact) mass is 373 g/mol. The molecule has 0 aliphatic heterocycles. The largest absolute Gasteiger partial charge is 0.371 e. The molecule has 0 unspecified atom stereocenters. The van der Waals surface area contributed by atoms with E-state index in [9.17, 15) is 14.4 Å². The van der Waals surface area contributed by atoms with Gasteiger partial charge >= 0.3 is 0 Å². The number of rotatable bonds is 11. The zero-order valence-corrected chi connectivity index (χ0v) is 16.8. The molecule has 26 heavy (non-hydrogen) atoms. The van der Waals surface area contributed by atoms with Crippen LogP contribution in [-0.2, 0) is 19.1 Å². The molecule has 0 fully saturated rings. The van der Waals surface area contributed by atoms with Crippen LogP contribution in [0.15, 0.2) is 0 Å². The number of hydrogen-bond donors (Lipinski definition) is 4. The molecular formula is C18H35N3O5. The Labute approximate surface area is 156 Å². The zero-order chi connectivity index (χ0) is 20.3. The van der Waals surface area contributed by atoms with Gasteiger partial charge in [-0.15, -0.1) is 0 Å². The summed E-state index contributed by atoms with van der Waals surface area (Å²) in [6.07, 6.45) is 3.03. The Morgan fingerprint density at radius 2 is 1.65 bits per heavy atom. The number of methoxy groups -OCH3 is 1. The lowest BCUT2D eigenvalue weighted by Gasteiger charge is -2.32. The molecule has 0 saturated heterocycles. The van der Waals surface area contributed by atoms with Gasteiger partial charge in [0.25, 0.3) is 5.91 Å². The third kappa shape index (κ3) is 7.70. The quantitative estimate of drug-likeness (QED) is 0.248. The van der Waals surface area contributed by atoms with Crippen LogP contribution in [0.3, 0.4) is 0 Å². The minimum atomic E-state index is -1.13. The lowest BCUT2D eigenvalue weighted by molar-refractivity contribution is -0.149. The lowest BCUT2D eigenvalue weighted by Crippen LogP contribution is -2.56. The summed E-state index contributed by atoms with van der Waals surface area (Å²) < 4.78 is 5.16. The number of nitrogens with one attached hydrogen (secondary N) is 3. The summed E-state index contributed by atoms with van der Waals surface area (Å²) in [5.74, 6) is -2.34. The molecule has 0 aromatic rings. The Bertz CT molecular complexity index is 462. The molecule has 0 saturated carbocycles. The van der Waals surface area contributed by atoms with Crippen molar-refractivity contribution in [1.82, 2.24) is 16.1 Å². The van der Waals surface area contributed by atoms with E-state index in [4.69, 9.17) is 9.94 Å². The molecule has 0 bridgehead atoms. The highest BCUT2D eigenvalue weighted by Gasteiger charge is 2.38. The van der Waals surface area contributed by atoms with Crippen LogP contribution in [0.1, 0.15) is 59.8 Å². The molecule has 8 heteroatoms. The smallest absolute Gasteiger partial charge is 0.273 e. The van der Waals surface area contributed by atoms with Crippen LogP contribution in [0, 0.1) is 11.3 Å². The van der Waals surface area contributed by atoms with Crippen LogP contribution in [0.5, 0.6) is 0 Å². The van der Waals surface area contributed by atoms with Crippen LogP contribution >= 0.6 is 0 Å². The highest BCUT2D eigenvalue weighted by molar-refractivity contribution is 5.92. The van der Waals surface area contributed by atoms with Gasteiger partial charge in [0, 0.05) is 14.2 Å². The van der Waals surface area contributed by atoms with Crippen molar-refractivity contribution < 1.29 is 24.3 Å². The molecule has 4 N–H and O–H groups in total. The topological polar surface area (TPSA) is 117 Å². The average molecular weight is 373 g/mol. The summed E-state index contributed by atoms with van der Waals surface area (Å²) >= 11 is 0. The van der Waals surface area contributed by atoms with Crippen molar-refractivity contribution in [2.24, 2.45) is 11.3 Å². The summed E-state index contributed by atoms with van der Waals surface area (Å²) in [5.41, 5.74) is 1.04. The predicted molar refractivity (Wildman–Crippen MR) is 98.4 cm³/mol. The van der Waals surface area contributed by atoms with Gasteiger partial charge < -0.3 is 15.4 Å². The van der Waals surface area contributed by atoms with Crippen molar-refractivity contribution in [3.63, 3.8) is 0 Å². The first-order valence-corrected chi connectivity index (χ1v) is 9.12. The minimum absolute atomic E-state index is 0.309. The van der Waals surface area contributed by atoms with E-state index in [0.717, 1.165) is 25.7 Å². The SMILES string of the molecule is CCCCCC[C@@H](C(=O)N[C@H](C(=O)NC)C(C)(C)C)[C@H](OC)C(=O)NO. The molecule has 0 aliphatic rings. The Morgan fingerprint density at radius 1 is 1.04 bits per heavy atom. The highest BCUT2D eigenvalue weighted by atomic mass is 16.5. The van der Waals surface area contributed by atoms with Crippen LogP contribution in [0.25, 0.3) is 0 Å². The second-order valence-electron chi connectivity index (χ2n) is 7.51. The van der Waals surface area contributed by atoms with Crippen LogP contribution in [-0.4, -0.2) is 49.2 Å². The van der Waals surface area contributed by atoms with Crippen molar-refractivity contribution in [1.29, 1.82) is 0 Å². The van der Waals surface area contributed by atoms with Gasteiger partial charge in [0.1, 0.15) is 12.1 Å². The Morgan fingerprint density at radius 3 is 2.08 bits per heavy atom. The number of carbonyl (C=O) groups excluding carboxylic acids is 3. The van der Waals surface area contributed by atoms with Crippen LogP contribution in [0.4, 0.5) is 0 Å². The number of carbonyl (C=O) groups is 3. The number of hydrogen-bond acceptors (Lipinski definition) is 5. The van der Waals surface area contributed by atoms with E-state index in [1.54, 1.807) is 5.48 Å². The molecule has 0 aromatic heterocycles. The van der Waals surface area contributed by atoms with Gasteiger partial charge in [0.15, 0.2) is 0 Å². The highest BCUT2D eigenvalue weighted by Crippen LogP contribution is 2.22. The molecule has 0 aliphatic carbocycles. The van der Waals surface area contributed by atoms with E-state index in [0.29, 0.717) is 6.42 Å². The van der Waals surface area contributed by atoms with Crippen LogP contribution in [0.2, 0.25) is 0 Å². The maximum Gasteiger partial charge on any atom is 0.273 e. The minimum Gasteiger partial charge on any atom is -0.371 e. The first-order valence-electron chi connectivity index (χ1n) is 9.12. The Kier molecular flexibility index (Phi) is 11.1. The summed E-state index contributed by atoms with van der Waals surface area (Å²) in [7, 11) is 2.82. The zero-order valence-electron chi connectivity index (χ0n) is 16.8. The van der Waals surface area contributed by atoms with E-state index in [1.165, 1.54) is 14.2 Å². The number of ether oxygens (including phenoxy) is 1. The van der Waals surface area contributed by atoms with Crippen molar-refractivity contribution in [2.45, 2.75) is 71.9 Å². The van der Waals surface area contributed by atoms with E-state index in [-0.39, 0.29) is 5.91 Å². The van der Waals surface area contributed by atoms with Gasteiger partial charge in [-0.2, -0.15) is 0 Å². The Balaban J connectivity index is 5.39. The first-order chi connectivity index (χ1) is 12.1. The van der Waals surface area contributed by atoms with Gasteiger partial charge in [-0.05, 0) is 11.8 Å². The second kappa shape index (κ2) is 11.9. The summed E-state index contributed by atoms with van der Waals surface area (Å²) in [5, 5.41) is 14.2. The molecule has 0 rings (SSSR count). The Hall–Kier alpha value is -1.67. The fraction of sp³-hybridized carbons (Fsp3) is 0.833. The lowest BCUT2D eigenvalue weighted by atomic mass is 9.85. The standard InChI is InChI=1S/C18H35N3O5/c1-7-8-9-10-11-12(13(26-6)16(23)21-25)15(22)20-14(17(24)19-5)18(2,3)4/h12-14,25H,7-11H2,1-6H3,(H,19,24)(H,20,22)(H,21,23)/t12-,13+,14-/m1/s1. The third-order valence-electron chi connectivity index (χ3n) is 4.35. The maximum absolute atomic E-state index is 12.9. The number of likely N-dealkylation sites (N-methyl/N-ethyl adjacent to an activating group) is 1. The normalized spacial score (nSPS) is 14.9. The molecule has 3 amide bonds. The van der Waals surface area contributed by atoms with E-state index in [1.807, 2.05) is 20.8 Å². The molecule has 0 radical (unpaired) electrons. The predicted octanol–water partition coefficient (Wildman–Crippen LogP) is 1.37. The van der Waals surface area contributed by atoms with Gasteiger partial charge in [-0.25, -0.2) is 5.48 Å². The molecular weight excluding hydrogens is 338 g/mol.